The largest absolute Gasteiger partial charge is 0.317 e. The minimum Gasteiger partial charge on any atom is -0.317 e. The van der Waals surface area contributed by atoms with Crippen molar-refractivity contribution in [3.8, 4) is 0 Å². The van der Waals surface area contributed by atoms with Gasteiger partial charge in [0.05, 0.1) is 5.69 Å². The number of hydrogen-bond acceptors (Lipinski definition) is 2. The number of pyridine rings is 1. The van der Waals surface area contributed by atoms with Gasteiger partial charge in [-0.15, -0.1) is 0 Å². The highest BCUT2D eigenvalue weighted by Crippen LogP contribution is 2.25. The summed E-state index contributed by atoms with van der Waals surface area (Å²) in [4.78, 5) is 4.45. The summed E-state index contributed by atoms with van der Waals surface area (Å²) in [7, 11) is 0. The third-order valence-corrected chi connectivity index (χ3v) is 3.40. The molecule has 0 bridgehead atoms. The van der Waals surface area contributed by atoms with Gasteiger partial charge in [-0.25, -0.2) is 4.98 Å². The zero-order valence-electron chi connectivity index (χ0n) is 9.61. The maximum atomic E-state index is 4.45. The van der Waals surface area contributed by atoms with Crippen LogP contribution in [-0.2, 0) is 0 Å². The number of rotatable bonds is 1. The average Bonchev–Trinajstić information content (AvgIpc) is 2.69. The van der Waals surface area contributed by atoms with Gasteiger partial charge in [0.1, 0.15) is 5.65 Å². The molecule has 0 saturated carbocycles. The number of hydrogen-bond donors (Lipinski definition) is 1. The first kappa shape index (κ1) is 9.85. The highest BCUT2D eigenvalue weighted by molar-refractivity contribution is 5.41. The molecule has 0 atom stereocenters. The molecule has 3 heteroatoms. The molecule has 2 aromatic rings. The summed E-state index contributed by atoms with van der Waals surface area (Å²) >= 11 is 0. The summed E-state index contributed by atoms with van der Waals surface area (Å²) in [5, 5.41) is 3.41. The van der Waals surface area contributed by atoms with Crippen LogP contribution < -0.4 is 5.32 Å². The van der Waals surface area contributed by atoms with E-state index in [9.17, 15) is 0 Å². The van der Waals surface area contributed by atoms with E-state index in [1.54, 1.807) is 0 Å². The van der Waals surface area contributed by atoms with Crippen LogP contribution >= 0.6 is 0 Å². The maximum absolute atomic E-state index is 4.45. The quantitative estimate of drug-likeness (QED) is 0.789. The van der Waals surface area contributed by atoms with Crippen molar-refractivity contribution in [2.24, 2.45) is 0 Å². The standard InChI is InChI=1S/C13H17N3/c1-10-8-16-9-12(2-3-13(16)15-10)11-4-6-14-7-5-11/h2-3,8-9,11,14H,4-7H2,1H3. The first-order chi connectivity index (χ1) is 7.83. The van der Waals surface area contributed by atoms with E-state index in [1.165, 1.54) is 18.4 Å². The van der Waals surface area contributed by atoms with Crippen LogP contribution in [-0.4, -0.2) is 22.5 Å². The fraction of sp³-hybridized carbons (Fsp3) is 0.462. The summed E-state index contributed by atoms with van der Waals surface area (Å²) in [5.41, 5.74) is 3.59. The lowest BCUT2D eigenvalue weighted by atomic mass is 9.91. The predicted octanol–water partition coefficient (Wildman–Crippen LogP) is 2.11. The fourth-order valence-corrected chi connectivity index (χ4v) is 2.53. The fourth-order valence-electron chi connectivity index (χ4n) is 2.53. The van der Waals surface area contributed by atoms with E-state index < -0.39 is 0 Å². The van der Waals surface area contributed by atoms with Crippen LogP contribution in [0.1, 0.15) is 30.0 Å². The topological polar surface area (TPSA) is 29.3 Å². The van der Waals surface area contributed by atoms with Gasteiger partial charge in [-0.1, -0.05) is 6.07 Å². The number of aromatic nitrogens is 2. The smallest absolute Gasteiger partial charge is 0.136 e. The Morgan fingerprint density at radius 3 is 2.88 bits per heavy atom. The Morgan fingerprint density at radius 1 is 1.25 bits per heavy atom. The number of nitrogens with one attached hydrogen (secondary N) is 1. The molecule has 1 N–H and O–H groups in total. The van der Waals surface area contributed by atoms with Crippen LogP contribution in [0.2, 0.25) is 0 Å². The normalized spacial score (nSPS) is 18.1. The Balaban J connectivity index is 1.97. The zero-order chi connectivity index (χ0) is 11.0. The first-order valence-corrected chi connectivity index (χ1v) is 5.99. The number of nitrogens with zero attached hydrogens (tertiary/aromatic N) is 2. The molecule has 1 aliphatic heterocycles. The molecule has 0 unspecified atom stereocenters. The van der Waals surface area contributed by atoms with E-state index in [4.69, 9.17) is 0 Å². The summed E-state index contributed by atoms with van der Waals surface area (Å²) in [6.45, 7) is 4.33. The summed E-state index contributed by atoms with van der Waals surface area (Å²) in [6.07, 6.45) is 6.84. The van der Waals surface area contributed by atoms with Gasteiger partial charge in [0, 0.05) is 12.4 Å². The van der Waals surface area contributed by atoms with E-state index in [1.807, 2.05) is 6.92 Å². The monoisotopic (exact) mass is 215 g/mol. The zero-order valence-corrected chi connectivity index (χ0v) is 9.61. The second kappa shape index (κ2) is 3.91. The molecule has 3 rings (SSSR count). The number of aryl methyl sites for hydroxylation is 1. The van der Waals surface area contributed by atoms with Crippen molar-refractivity contribution in [1.29, 1.82) is 0 Å². The Kier molecular flexibility index (Phi) is 2.40. The van der Waals surface area contributed by atoms with Gasteiger partial charge in [-0.2, -0.15) is 0 Å². The van der Waals surface area contributed by atoms with Gasteiger partial charge < -0.3 is 9.72 Å². The molecular formula is C13H17N3. The maximum Gasteiger partial charge on any atom is 0.136 e. The molecule has 2 aromatic heterocycles. The second-order valence-corrected chi connectivity index (χ2v) is 4.63. The molecule has 84 valence electrons. The van der Waals surface area contributed by atoms with Crippen molar-refractivity contribution in [1.82, 2.24) is 14.7 Å². The van der Waals surface area contributed by atoms with Crippen molar-refractivity contribution in [3.63, 3.8) is 0 Å². The Labute approximate surface area is 95.5 Å². The predicted molar refractivity (Wildman–Crippen MR) is 64.8 cm³/mol. The highest BCUT2D eigenvalue weighted by atomic mass is 15.0. The molecular weight excluding hydrogens is 198 g/mol. The molecule has 1 saturated heterocycles. The van der Waals surface area contributed by atoms with Crippen molar-refractivity contribution < 1.29 is 0 Å². The lowest BCUT2D eigenvalue weighted by molar-refractivity contribution is 0.459. The second-order valence-electron chi connectivity index (χ2n) is 4.63. The van der Waals surface area contributed by atoms with E-state index in [0.29, 0.717) is 5.92 Å². The SMILES string of the molecule is Cc1cn2cc(C3CCNCC3)ccc2n1. The summed E-state index contributed by atoms with van der Waals surface area (Å²) < 4.78 is 2.15. The minimum absolute atomic E-state index is 0.716. The van der Waals surface area contributed by atoms with Crippen molar-refractivity contribution in [2.75, 3.05) is 13.1 Å². The third kappa shape index (κ3) is 1.71. The lowest BCUT2D eigenvalue weighted by Gasteiger charge is -2.22. The van der Waals surface area contributed by atoms with Gasteiger partial charge in [0.15, 0.2) is 0 Å². The molecule has 0 spiro atoms. The molecule has 3 nitrogen and oxygen atoms in total. The van der Waals surface area contributed by atoms with Crippen LogP contribution in [0.4, 0.5) is 0 Å². The number of fused-ring (bicyclic) bond motifs is 1. The van der Waals surface area contributed by atoms with Crippen LogP contribution in [0.25, 0.3) is 5.65 Å². The van der Waals surface area contributed by atoms with Crippen molar-refractivity contribution in [3.05, 3.63) is 35.8 Å². The van der Waals surface area contributed by atoms with E-state index >= 15 is 0 Å². The highest BCUT2D eigenvalue weighted by Gasteiger charge is 2.15. The number of piperidine rings is 1. The van der Waals surface area contributed by atoms with Crippen LogP contribution in [0.3, 0.4) is 0 Å². The first-order valence-electron chi connectivity index (χ1n) is 5.99. The van der Waals surface area contributed by atoms with E-state index in [0.717, 1.165) is 24.4 Å². The Hall–Kier alpha value is -1.35. The Morgan fingerprint density at radius 2 is 2.06 bits per heavy atom. The average molecular weight is 215 g/mol. The molecule has 16 heavy (non-hydrogen) atoms. The Bertz CT molecular complexity index is 495. The molecule has 3 heterocycles. The summed E-state index contributed by atoms with van der Waals surface area (Å²) in [6, 6.07) is 4.36. The van der Waals surface area contributed by atoms with Gasteiger partial charge in [-0.05, 0) is 50.4 Å². The molecule has 1 aliphatic rings. The van der Waals surface area contributed by atoms with Gasteiger partial charge >= 0.3 is 0 Å². The third-order valence-electron chi connectivity index (χ3n) is 3.40. The molecule has 0 aliphatic carbocycles. The molecule has 0 amide bonds. The molecule has 0 aromatic carbocycles. The molecule has 0 radical (unpaired) electrons. The minimum atomic E-state index is 0.716. The van der Waals surface area contributed by atoms with Crippen molar-refractivity contribution >= 4 is 5.65 Å². The van der Waals surface area contributed by atoms with Crippen LogP contribution in [0, 0.1) is 6.92 Å². The van der Waals surface area contributed by atoms with Crippen LogP contribution in [0.5, 0.6) is 0 Å². The van der Waals surface area contributed by atoms with E-state index in [-0.39, 0.29) is 0 Å². The van der Waals surface area contributed by atoms with Gasteiger partial charge in [-0.3, -0.25) is 0 Å². The van der Waals surface area contributed by atoms with Gasteiger partial charge in [0.2, 0.25) is 0 Å². The number of imidazole rings is 1. The van der Waals surface area contributed by atoms with Crippen molar-refractivity contribution in [2.45, 2.75) is 25.7 Å². The van der Waals surface area contributed by atoms with Crippen LogP contribution in [0.15, 0.2) is 24.5 Å². The summed E-state index contributed by atoms with van der Waals surface area (Å²) in [5.74, 6) is 0.716. The van der Waals surface area contributed by atoms with E-state index in [2.05, 4.69) is 39.2 Å². The molecule has 1 fully saturated rings. The lowest BCUT2D eigenvalue weighted by Crippen LogP contribution is -2.26. The van der Waals surface area contributed by atoms with Gasteiger partial charge in [0.25, 0.3) is 0 Å².